The molecule has 298 valence electrons. The molecule has 4 heteroatoms. The zero-order valence-electron chi connectivity index (χ0n) is 35.5. The summed E-state index contributed by atoms with van der Waals surface area (Å²) in [6.45, 7) is 11.3. The average Bonchev–Trinajstić information content (AvgIpc) is 3.87. The molecular weight excluding hydrogens is 757 g/mol. The highest BCUT2D eigenvalue weighted by Gasteiger charge is 2.29. The first kappa shape index (κ1) is 36.3. The van der Waals surface area contributed by atoms with E-state index < -0.39 is 0 Å². The Kier molecular flexibility index (Phi) is 7.89. The maximum absolute atomic E-state index is 6.86. The van der Waals surface area contributed by atoms with E-state index in [9.17, 15) is 0 Å². The third-order valence-corrected chi connectivity index (χ3v) is 13.0. The number of aryl methyl sites for hydroxylation is 2. The first-order valence-corrected chi connectivity index (χ1v) is 21.5. The molecule has 0 amide bonds. The lowest BCUT2D eigenvalue weighted by Crippen LogP contribution is -2.16. The lowest BCUT2D eigenvalue weighted by atomic mass is 9.83. The number of fused-ring (bicyclic) bond motifs is 6. The van der Waals surface area contributed by atoms with Crippen LogP contribution in [0.5, 0.6) is 0 Å². The van der Waals surface area contributed by atoms with E-state index in [1.165, 1.54) is 27.1 Å². The van der Waals surface area contributed by atoms with E-state index in [4.69, 9.17) is 8.83 Å². The van der Waals surface area contributed by atoms with E-state index in [0.717, 1.165) is 99.9 Å². The highest BCUT2D eigenvalue weighted by atomic mass is 16.3. The fraction of sp³-hybridized carbons (Fsp3) is 0.103. The number of hydrogen-bond acceptors (Lipinski definition) is 4. The van der Waals surface area contributed by atoms with Gasteiger partial charge in [-0.1, -0.05) is 154 Å². The van der Waals surface area contributed by atoms with Gasteiger partial charge >= 0.3 is 0 Å². The van der Waals surface area contributed by atoms with Crippen LogP contribution in [0.1, 0.15) is 37.5 Å². The Hall–Kier alpha value is -7.56. The fourth-order valence-corrected chi connectivity index (χ4v) is 9.91. The van der Waals surface area contributed by atoms with Gasteiger partial charge < -0.3 is 18.6 Å². The van der Waals surface area contributed by atoms with Crippen LogP contribution in [0.3, 0.4) is 0 Å². The van der Waals surface area contributed by atoms with Crippen LogP contribution in [0.15, 0.2) is 185 Å². The number of benzene rings is 10. The van der Waals surface area contributed by atoms with Crippen molar-refractivity contribution in [3.05, 3.63) is 193 Å². The van der Waals surface area contributed by atoms with Crippen LogP contribution in [0.2, 0.25) is 0 Å². The van der Waals surface area contributed by atoms with E-state index in [2.05, 4.69) is 208 Å². The monoisotopic (exact) mass is 800 g/mol. The summed E-state index contributed by atoms with van der Waals surface area (Å²) >= 11 is 0. The predicted octanol–water partition coefficient (Wildman–Crippen LogP) is 17.2. The van der Waals surface area contributed by atoms with Gasteiger partial charge in [-0.05, 0) is 94.6 Å². The molecule has 0 aliphatic carbocycles. The maximum atomic E-state index is 6.86. The molecule has 0 bridgehead atoms. The van der Waals surface area contributed by atoms with Gasteiger partial charge in [0.2, 0.25) is 0 Å². The summed E-state index contributed by atoms with van der Waals surface area (Å²) in [6.07, 6.45) is 0. The quantitative estimate of drug-likeness (QED) is 0.157. The Morgan fingerprint density at radius 2 is 0.774 bits per heavy atom. The molecule has 0 N–H and O–H groups in total. The van der Waals surface area contributed by atoms with Crippen LogP contribution in [0, 0.1) is 13.8 Å². The third-order valence-electron chi connectivity index (χ3n) is 13.0. The number of para-hydroxylation sites is 6. The van der Waals surface area contributed by atoms with Gasteiger partial charge in [-0.3, -0.25) is 0 Å². The van der Waals surface area contributed by atoms with Crippen LogP contribution < -0.4 is 9.80 Å². The molecule has 0 aliphatic heterocycles. The Balaban J connectivity index is 1.27. The van der Waals surface area contributed by atoms with Gasteiger partial charge in [0, 0.05) is 49.1 Å². The van der Waals surface area contributed by atoms with Gasteiger partial charge in [-0.2, -0.15) is 0 Å². The number of hydrogen-bond donors (Lipinski definition) is 0. The van der Waals surface area contributed by atoms with Crippen molar-refractivity contribution in [1.82, 2.24) is 0 Å². The van der Waals surface area contributed by atoms with Gasteiger partial charge in [0.25, 0.3) is 0 Å². The van der Waals surface area contributed by atoms with Gasteiger partial charge in [0.15, 0.2) is 11.2 Å². The summed E-state index contributed by atoms with van der Waals surface area (Å²) < 4.78 is 13.7. The normalized spacial score (nSPS) is 12.3. The zero-order chi connectivity index (χ0) is 41.9. The Bertz CT molecular complexity index is 3500. The molecule has 0 radical (unpaired) electrons. The molecule has 12 rings (SSSR count). The minimum atomic E-state index is -0.0133. The summed E-state index contributed by atoms with van der Waals surface area (Å²) in [6, 6.07) is 63.7. The molecule has 0 atom stereocenters. The van der Waals surface area contributed by atoms with Crippen LogP contribution in [0.4, 0.5) is 34.1 Å². The summed E-state index contributed by atoms with van der Waals surface area (Å²) in [5, 5.41) is 11.6. The summed E-state index contributed by atoms with van der Waals surface area (Å²) in [5.41, 5.74) is 13.3. The van der Waals surface area contributed by atoms with Crippen LogP contribution in [0.25, 0.3) is 76.2 Å². The molecule has 0 aliphatic rings. The van der Waals surface area contributed by atoms with Crippen LogP contribution >= 0.6 is 0 Å². The number of nitrogens with zero attached hydrogens (tertiary/aromatic N) is 2. The van der Waals surface area contributed by atoms with Crippen molar-refractivity contribution in [1.29, 1.82) is 0 Å². The fourth-order valence-electron chi connectivity index (χ4n) is 9.91. The predicted molar refractivity (Wildman–Crippen MR) is 262 cm³/mol. The Labute approximate surface area is 360 Å². The van der Waals surface area contributed by atoms with Gasteiger partial charge in [-0.25, -0.2) is 0 Å². The summed E-state index contributed by atoms with van der Waals surface area (Å²) in [7, 11) is 0. The number of anilines is 6. The Morgan fingerprint density at radius 1 is 0.355 bits per heavy atom. The van der Waals surface area contributed by atoms with Crippen molar-refractivity contribution >= 4 is 110 Å². The number of rotatable bonds is 6. The second-order valence-electron chi connectivity index (χ2n) is 17.8. The van der Waals surface area contributed by atoms with Crippen molar-refractivity contribution in [2.24, 2.45) is 0 Å². The molecule has 12 aromatic rings. The van der Waals surface area contributed by atoms with Crippen molar-refractivity contribution in [2.75, 3.05) is 9.80 Å². The van der Waals surface area contributed by atoms with Crippen LogP contribution in [-0.4, -0.2) is 0 Å². The molecule has 2 heterocycles. The first-order chi connectivity index (χ1) is 30.2. The van der Waals surface area contributed by atoms with E-state index in [-0.39, 0.29) is 5.41 Å². The second kappa shape index (κ2) is 13.5. The maximum Gasteiger partial charge on any atom is 0.159 e. The van der Waals surface area contributed by atoms with Crippen molar-refractivity contribution in [3.63, 3.8) is 0 Å². The highest BCUT2D eigenvalue weighted by molar-refractivity contribution is 6.29. The largest absolute Gasteiger partial charge is 0.454 e. The topological polar surface area (TPSA) is 32.8 Å². The molecule has 4 nitrogen and oxygen atoms in total. The molecule has 0 unspecified atom stereocenters. The van der Waals surface area contributed by atoms with Crippen molar-refractivity contribution < 1.29 is 8.83 Å². The second-order valence-corrected chi connectivity index (χ2v) is 17.8. The van der Waals surface area contributed by atoms with E-state index in [0.29, 0.717) is 0 Å². The SMILES string of the molecule is Cc1ccccc1N(c1cc(N(c2ccccc2C)c2cccc3c2oc2ccccc23)c2ccc3cc(C(C)(C)C)cc4ccc1c2c43)c1cccc2c1oc1ccccc12. The van der Waals surface area contributed by atoms with Gasteiger partial charge in [0.05, 0.1) is 22.7 Å². The molecule has 10 aromatic carbocycles. The minimum Gasteiger partial charge on any atom is -0.454 e. The van der Waals surface area contributed by atoms with Gasteiger partial charge in [0.1, 0.15) is 11.2 Å². The lowest BCUT2D eigenvalue weighted by Gasteiger charge is -2.33. The minimum absolute atomic E-state index is 0.0133. The smallest absolute Gasteiger partial charge is 0.159 e. The molecule has 0 saturated heterocycles. The highest BCUT2D eigenvalue weighted by Crippen LogP contribution is 2.53. The standard InChI is InChI=1S/C58H44N2O2/c1-35-16-6-10-22-46(35)59(48-24-14-20-42-40-18-8-12-26-52(40)61-56(42)48)50-34-51(45-31-29-38-33-39(58(3,4)5)32-37-28-30-44(50)55(45)54(37)38)60(47-23-11-7-17-36(47)2)49-25-15-21-43-41-19-9-13-27-53(41)62-57(43)49/h6-34H,1-5H3. The summed E-state index contributed by atoms with van der Waals surface area (Å²) in [4.78, 5) is 4.88. The van der Waals surface area contributed by atoms with E-state index in [1.807, 2.05) is 12.1 Å². The molecule has 0 spiro atoms. The van der Waals surface area contributed by atoms with Crippen molar-refractivity contribution in [3.8, 4) is 0 Å². The zero-order valence-corrected chi connectivity index (χ0v) is 35.5. The number of furan rings is 2. The summed E-state index contributed by atoms with van der Waals surface area (Å²) in [5.74, 6) is 0. The molecule has 62 heavy (non-hydrogen) atoms. The third kappa shape index (κ3) is 5.39. The first-order valence-electron chi connectivity index (χ1n) is 21.5. The molecule has 0 fully saturated rings. The van der Waals surface area contributed by atoms with Crippen molar-refractivity contribution in [2.45, 2.75) is 40.0 Å². The Morgan fingerprint density at radius 3 is 1.24 bits per heavy atom. The van der Waals surface area contributed by atoms with Crippen LogP contribution in [-0.2, 0) is 5.41 Å². The molecular formula is C58H44N2O2. The average molecular weight is 801 g/mol. The van der Waals surface area contributed by atoms with Gasteiger partial charge in [-0.15, -0.1) is 0 Å². The molecule has 0 saturated carbocycles. The lowest BCUT2D eigenvalue weighted by molar-refractivity contribution is 0.591. The van der Waals surface area contributed by atoms with E-state index >= 15 is 0 Å². The van der Waals surface area contributed by atoms with E-state index in [1.54, 1.807) is 0 Å². The molecule has 2 aromatic heterocycles.